The Hall–Kier alpha value is -3.17. The van der Waals surface area contributed by atoms with Gasteiger partial charge in [-0.15, -0.1) is 0 Å². The Morgan fingerprint density at radius 2 is 1.81 bits per heavy atom. The van der Waals surface area contributed by atoms with Crippen molar-refractivity contribution in [1.82, 2.24) is 4.90 Å². The zero-order chi connectivity index (χ0) is 31.2. The highest BCUT2D eigenvalue weighted by atomic mass is 35.5. The zero-order valence-corrected chi connectivity index (χ0v) is 26.0. The molecule has 1 heterocycles. The zero-order valence-electron chi connectivity index (χ0n) is 25.3. The number of amides is 1. The van der Waals surface area contributed by atoms with Crippen LogP contribution in [0.3, 0.4) is 0 Å². The van der Waals surface area contributed by atoms with Gasteiger partial charge in [-0.25, -0.2) is 0 Å². The highest BCUT2D eigenvalue weighted by Crippen LogP contribution is 2.43. The van der Waals surface area contributed by atoms with Crippen molar-refractivity contribution < 1.29 is 24.2 Å². The maximum absolute atomic E-state index is 13.2. The number of ether oxygens (including phenoxy) is 1. The van der Waals surface area contributed by atoms with Crippen molar-refractivity contribution in [2.45, 2.75) is 58.0 Å². The van der Waals surface area contributed by atoms with Crippen molar-refractivity contribution in [3.8, 4) is 0 Å². The molecule has 42 heavy (non-hydrogen) atoms. The summed E-state index contributed by atoms with van der Waals surface area (Å²) in [6, 6.07) is 10.4. The van der Waals surface area contributed by atoms with Gasteiger partial charge in [-0.1, -0.05) is 55.8 Å². The summed E-state index contributed by atoms with van der Waals surface area (Å²) in [5, 5.41) is 19.0. The molecule has 228 valence electrons. The number of nitrogens with zero attached hydrogens (tertiary/aromatic N) is 1. The maximum Gasteiger partial charge on any atom is 0.257 e. The van der Waals surface area contributed by atoms with Crippen molar-refractivity contribution in [3.63, 3.8) is 0 Å². The Morgan fingerprint density at radius 3 is 2.31 bits per heavy atom. The molecule has 1 atom stereocenters. The average molecular weight is 598 g/mol. The van der Waals surface area contributed by atoms with Gasteiger partial charge in [0, 0.05) is 44.4 Å². The number of hydrogen-bond acceptors (Lipinski definition) is 7. The van der Waals surface area contributed by atoms with Gasteiger partial charge >= 0.3 is 0 Å². The average Bonchev–Trinajstić information content (AvgIpc) is 3.87. The lowest BCUT2D eigenvalue weighted by atomic mass is 9.86. The lowest BCUT2D eigenvalue weighted by Gasteiger charge is -2.34. The summed E-state index contributed by atoms with van der Waals surface area (Å²) < 4.78 is 5.01. The standard InChI is InChI=1S/C25H23ClN2O3.C5H11NO.C2H6.CH4O/c26-21-3-1-2-19(17-9-10-17)23(21)25(31)28-22-12-16(14-30)6-11-20(22)24(27)18-7-4-15(13-29)5-8-18;1-6-3-5(4-6)7-2;2*1-2/h1-3,6-7,11-15,17,27H,4-5,8-10H2,(H,28,31);5H,3-4H2,1-2H3;1-2H3;2H,1H3. The molecule has 1 saturated carbocycles. The summed E-state index contributed by atoms with van der Waals surface area (Å²) in [5.41, 5.74) is 3.86. The fraction of sp³-hybridized carbons (Fsp3) is 0.455. The van der Waals surface area contributed by atoms with Crippen LogP contribution in [0.5, 0.6) is 0 Å². The third-order valence-corrected chi connectivity index (χ3v) is 7.63. The maximum atomic E-state index is 13.2. The van der Waals surface area contributed by atoms with Crippen LogP contribution < -0.4 is 5.32 Å². The monoisotopic (exact) mass is 597 g/mol. The third-order valence-electron chi connectivity index (χ3n) is 7.32. The number of carbonyl (C=O) groups is 3. The highest BCUT2D eigenvalue weighted by Gasteiger charge is 2.30. The first-order valence-corrected chi connectivity index (χ1v) is 14.8. The summed E-state index contributed by atoms with van der Waals surface area (Å²) in [6.45, 7) is 6.22. The molecule has 1 amide bonds. The number of likely N-dealkylation sites (tertiary alicyclic amines) is 1. The molecule has 0 radical (unpaired) electrons. The minimum atomic E-state index is -0.344. The molecule has 8 nitrogen and oxygen atoms in total. The van der Waals surface area contributed by atoms with Crippen molar-refractivity contribution in [2.24, 2.45) is 5.92 Å². The second-order valence-electron chi connectivity index (χ2n) is 10.2. The van der Waals surface area contributed by atoms with E-state index >= 15 is 0 Å². The predicted molar refractivity (Wildman–Crippen MR) is 169 cm³/mol. The Balaban J connectivity index is 0.000000479. The molecular formula is C33H44ClN3O5. The molecular weight excluding hydrogens is 554 g/mol. The number of allylic oxidation sites excluding steroid dienone is 2. The van der Waals surface area contributed by atoms with Crippen LogP contribution in [-0.2, 0) is 9.53 Å². The first-order chi connectivity index (χ1) is 20.3. The van der Waals surface area contributed by atoms with Gasteiger partial charge in [0.1, 0.15) is 12.6 Å². The van der Waals surface area contributed by atoms with Crippen molar-refractivity contribution in [3.05, 3.63) is 75.3 Å². The van der Waals surface area contributed by atoms with E-state index in [9.17, 15) is 14.4 Å². The molecule has 0 spiro atoms. The van der Waals surface area contributed by atoms with Crippen LogP contribution in [0, 0.1) is 11.3 Å². The Bertz CT molecular complexity index is 1250. The van der Waals surface area contributed by atoms with Gasteiger partial charge in [-0.3, -0.25) is 15.0 Å². The summed E-state index contributed by atoms with van der Waals surface area (Å²) in [6.07, 6.45) is 8.12. The van der Waals surface area contributed by atoms with Crippen molar-refractivity contribution in [2.75, 3.05) is 39.7 Å². The molecule has 2 aromatic carbocycles. The molecule has 3 aliphatic rings. The minimum Gasteiger partial charge on any atom is -0.400 e. The molecule has 5 rings (SSSR count). The molecule has 9 heteroatoms. The van der Waals surface area contributed by atoms with Crippen molar-refractivity contribution >= 4 is 41.5 Å². The third kappa shape index (κ3) is 9.42. The SMILES string of the molecule is CC.CO.COC1CN(C)C1.N=C(C1=CCC(C=O)CC1)c1ccc(C=O)cc1NC(=O)c1c(Cl)cccc1C1CC1. The Morgan fingerprint density at radius 1 is 1.12 bits per heavy atom. The molecule has 2 aromatic rings. The fourth-order valence-corrected chi connectivity index (χ4v) is 5.09. The predicted octanol–water partition coefficient (Wildman–Crippen LogP) is 6.16. The molecule has 0 bridgehead atoms. The van der Waals surface area contributed by atoms with Crippen LogP contribution in [0.2, 0.25) is 5.02 Å². The number of halogens is 1. The molecule has 0 aromatic heterocycles. The summed E-state index contributed by atoms with van der Waals surface area (Å²) in [5.74, 6) is -0.00541. The van der Waals surface area contributed by atoms with Crippen LogP contribution >= 0.6 is 11.6 Å². The number of methoxy groups -OCH3 is 1. The number of rotatable bonds is 8. The second kappa shape index (κ2) is 17.7. The number of benzene rings is 2. The number of nitrogens with one attached hydrogen (secondary N) is 2. The molecule has 1 saturated heterocycles. The van der Waals surface area contributed by atoms with Gasteiger partial charge in [0.25, 0.3) is 5.91 Å². The number of aliphatic hydroxyl groups excluding tert-OH is 1. The van der Waals surface area contributed by atoms with Gasteiger partial charge in [-0.05, 0) is 68.3 Å². The van der Waals surface area contributed by atoms with E-state index in [0.29, 0.717) is 70.7 Å². The number of hydrogen-bond donors (Lipinski definition) is 3. The van der Waals surface area contributed by atoms with Gasteiger partial charge in [0.2, 0.25) is 0 Å². The van der Waals surface area contributed by atoms with Gasteiger partial charge in [0.05, 0.1) is 28.1 Å². The summed E-state index contributed by atoms with van der Waals surface area (Å²) >= 11 is 6.38. The molecule has 2 aliphatic carbocycles. The highest BCUT2D eigenvalue weighted by molar-refractivity contribution is 6.35. The van der Waals surface area contributed by atoms with Gasteiger partial charge in [0.15, 0.2) is 0 Å². The number of likely N-dealkylation sites (N-methyl/N-ethyl adjacent to an activating group) is 1. The van der Waals surface area contributed by atoms with Crippen LogP contribution in [0.4, 0.5) is 5.69 Å². The van der Waals surface area contributed by atoms with Crippen LogP contribution in [0.25, 0.3) is 0 Å². The first kappa shape index (κ1) is 35.0. The van der Waals surface area contributed by atoms with E-state index < -0.39 is 0 Å². The van der Waals surface area contributed by atoms with E-state index in [1.807, 2.05) is 32.1 Å². The van der Waals surface area contributed by atoms with Crippen LogP contribution in [0.15, 0.2) is 48.0 Å². The summed E-state index contributed by atoms with van der Waals surface area (Å²) in [4.78, 5) is 37.8. The Kier molecular flexibility index (Phi) is 14.8. The lowest BCUT2D eigenvalue weighted by Crippen LogP contribution is -2.48. The topological polar surface area (TPSA) is 120 Å². The number of anilines is 1. The fourth-order valence-electron chi connectivity index (χ4n) is 4.83. The van der Waals surface area contributed by atoms with Crippen LogP contribution in [0.1, 0.15) is 83.7 Å². The van der Waals surface area contributed by atoms with Gasteiger partial charge in [-0.2, -0.15) is 0 Å². The largest absolute Gasteiger partial charge is 0.400 e. The quantitative estimate of drug-likeness (QED) is 0.248. The van der Waals surface area contributed by atoms with Gasteiger partial charge < -0.3 is 24.9 Å². The normalized spacial score (nSPS) is 17.8. The van der Waals surface area contributed by atoms with Crippen LogP contribution in [-0.4, -0.2) is 74.7 Å². The van der Waals surface area contributed by atoms with E-state index in [4.69, 9.17) is 26.9 Å². The number of aldehydes is 2. The van der Waals surface area contributed by atoms with E-state index in [1.54, 1.807) is 31.4 Å². The van der Waals surface area contributed by atoms with Crippen molar-refractivity contribution in [1.29, 1.82) is 5.41 Å². The molecule has 3 N–H and O–H groups in total. The number of carbonyl (C=O) groups excluding carboxylic acids is 3. The molecule has 1 unspecified atom stereocenters. The molecule has 1 aliphatic heterocycles. The van der Waals surface area contributed by atoms with E-state index in [1.165, 1.54) is 0 Å². The Labute approximate surface area is 254 Å². The lowest BCUT2D eigenvalue weighted by molar-refractivity contribution is -0.111. The van der Waals surface area contributed by atoms with E-state index in [2.05, 4.69) is 17.3 Å². The second-order valence-corrected chi connectivity index (χ2v) is 10.6. The smallest absolute Gasteiger partial charge is 0.257 e. The first-order valence-electron chi connectivity index (χ1n) is 14.4. The minimum absolute atomic E-state index is 0.00534. The van der Waals surface area contributed by atoms with E-state index in [0.717, 1.165) is 50.5 Å². The molecule has 2 fully saturated rings. The summed E-state index contributed by atoms with van der Waals surface area (Å²) in [7, 11) is 4.85. The van der Waals surface area contributed by atoms with E-state index in [-0.39, 0.29) is 11.8 Å². The number of aliphatic hydroxyl groups is 1.